The maximum absolute atomic E-state index is 10.9. The minimum absolute atomic E-state index is 0.0189. The van der Waals surface area contributed by atoms with E-state index in [0.29, 0.717) is 23.5 Å². The van der Waals surface area contributed by atoms with Crippen LogP contribution in [0.25, 0.3) is 10.9 Å². The smallest absolute Gasteiger partial charge is 0.269 e. The van der Waals surface area contributed by atoms with Crippen molar-refractivity contribution in [3.8, 4) is 0 Å². The number of nitrogens with zero attached hydrogens (tertiary/aromatic N) is 6. The number of rotatable bonds is 7. The molecule has 2 aromatic heterocycles. The Bertz CT molecular complexity index is 1340. The normalized spacial score (nSPS) is 14.2. The quantitative estimate of drug-likeness (QED) is 0.198. The van der Waals surface area contributed by atoms with Crippen molar-refractivity contribution in [2.24, 2.45) is 5.10 Å². The molecule has 0 spiro atoms. The van der Waals surface area contributed by atoms with Crippen LogP contribution in [0, 0.1) is 10.1 Å². The topological polar surface area (TPSA) is 137 Å². The Balaban J connectivity index is 1.40. The van der Waals surface area contributed by atoms with Crippen molar-refractivity contribution >= 4 is 46.3 Å². The Hall–Kier alpha value is -4.54. The van der Waals surface area contributed by atoms with Crippen LogP contribution in [0.5, 0.6) is 0 Å². The molecule has 0 saturated carbocycles. The van der Waals surface area contributed by atoms with Crippen molar-refractivity contribution in [3.05, 3.63) is 70.4 Å². The minimum atomic E-state index is -0.433. The fourth-order valence-electron chi connectivity index (χ4n) is 4.04. The predicted molar refractivity (Wildman–Crippen MR) is 136 cm³/mol. The van der Waals surface area contributed by atoms with Gasteiger partial charge in [-0.3, -0.25) is 10.1 Å². The Morgan fingerprint density at radius 2 is 1.71 bits per heavy atom. The first-order valence-electron chi connectivity index (χ1n) is 11.5. The van der Waals surface area contributed by atoms with E-state index in [-0.39, 0.29) is 5.69 Å². The molecule has 2 aromatic carbocycles. The number of hydrogen-bond donors (Lipinski definition) is 3. The van der Waals surface area contributed by atoms with Crippen molar-refractivity contribution in [2.75, 3.05) is 28.7 Å². The van der Waals surface area contributed by atoms with E-state index in [1.165, 1.54) is 25.0 Å². The van der Waals surface area contributed by atoms with Crippen molar-refractivity contribution in [1.29, 1.82) is 0 Å². The molecule has 1 fully saturated rings. The van der Waals surface area contributed by atoms with Crippen LogP contribution >= 0.6 is 0 Å². The Kier molecular flexibility index (Phi) is 6.46. The Morgan fingerprint density at radius 1 is 0.971 bits per heavy atom. The predicted octanol–water partition coefficient (Wildman–Crippen LogP) is 4.83. The second-order valence-corrected chi connectivity index (χ2v) is 8.27. The molecule has 0 aliphatic carbocycles. The number of aromatic amines is 1. The molecule has 5 rings (SSSR count). The number of nitrogens with one attached hydrogen (secondary N) is 3. The summed E-state index contributed by atoms with van der Waals surface area (Å²) in [6.07, 6.45) is 8.16. The molecule has 0 radical (unpaired) electrons. The van der Waals surface area contributed by atoms with Crippen LogP contribution in [-0.4, -0.2) is 44.2 Å². The molecule has 4 aromatic rings. The lowest BCUT2D eigenvalue weighted by molar-refractivity contribution is -0.384. The highest BCUT2D eigenvalue weighted by atomic mass is 16.6. The van der Waals surface area contributed by atoms with Gasteiger partial charge in [0.1, 0.15) is 0 Å². The number of benzene rings is 2. The molecule has 11 heteroatoms. The van der Waals surface area contributed by atoms with Gasteiger partial charge in [0, 0.05) is 53.6 Å². The standard InChI is InChI=1S/C24H25N9O2/c34-33(35)19-11-9-18(10-12-19)27-22-28-23(30-24(29-22)32-13-5-1-2-6-14-32)31-26-16-17-15-25-21-8-4-3-7-20(17)21/h3-4,7-12,15-16,25H,1-2,5-6,13-14H2,(H2,27,28,29,30,31)/b26-16+. The zero-order valence-electron chi connectivity index (χ0n) is 19.0. The van der Waals surface area contributed by atoms with E-state index in [2.05, 4.69) is 40.7 Å². The monoisotopic (exact) mass is 471 g/mol. The molecule has 3 N–H and O–H groups in total. The van der Waals surface area contributed by atoms with Gasteiger partial charge in [-0.25, -0.2) is 5.43 Å². The number of H-pyrrole nitrogens is 1. The van der Waals surface area contributed by atoms with E-state index < -0.39 is 4.92 Å². The highest BCUT2D eigenvalue weighted by molar-refractivity contribution is 5.99. The molecular weight excluding hydrogens is 446 g/mol. The zero-order chi connectivity index (χ0) is 24.0. The number of nitro groups is 1. The van der Waals surface area contributed by atoms with Gasteiger partial charge in [0.15, 0.2) is 0 Å². The molecule has 178 valence electrons. The van der Waals surface area contributed by atoms with Crippen LogP contribution in [-0.2, 0) is 0 Å². The average molecular weight is 472 g/mol. The van der Waals surface area contributed by atoms with E-state index in [1.807, 2.05) is 30.5 Å². The minimum Gasteiger partial charge on any atom is -0.361 e. The number of anilines is 4. The maximum atomic E-state index is 10.9. The molecule has 11 nitrogen and oxygen atoms in total. The van der Waals surface area contributed by atoms with Gasteiger partial charge in [0.05, 0.1) is 11.1 Å². The lowest BCUT2D eigenvalue weighted by Gasteiger charge is -2.21. The third-order valence-corrected chi connectivity index (χ3v) is 5.84. The van der Waals surface area contributed by atoms with E-state index in [4.69, 9.17) is 0 Å². The molecule has 0 bridgehead atoms. The van der Waals surface area contributed by atoms with Gasteiger partial charge >= 0.3 is 0 Å². The fraction of sp³-hybridized carbons (Fsp3) is 0.250. The first-order chi connectivity index (χ1) is 17.2. The van der Waals surface area contributed by atoms with Gasteiger partial charge < -0.3 is 15.2 Å². The SMILES string of the molecule is O=[N+]([O-])c1ccc(Nc2nc(N/N=C/c3c[nH]c4ccccc34)nc(N3CCCCCC3)n2)cc1. The number of hydrazone groups is 1. The van der Waals surface area contributed by atoms with Crippen LogP contribution in [0.3, 0.4) is 0 Å². The third-order valence-electron chi connectivity index (χ3n) is 5.84. The van der Waals surface area contributed by atoms with Gasteiger partial charge in [-0.15, -0.1) is 0 Å². The molecular formula is C24H25N9O2. The largest absolute Gasteiger partial charge is 0.361 e. The van der Waals surface area contributed by atoms with Crippen LogP contribution in [0.2, 0.25) is 0 Å². The summed E-state index contributed by atoms with van der Waals surface area (Å²) in [5.41, 5.74) is 5.56. The second kappa shape index (κ2) is 10.2. The highest BCUT2D eigenvalue weighted by Gasteiger charge is 2.16. The van der Waals surface area contributed by atoms with E-state index in [0.717, 1.165) is 42.4 Å². The summed E-state index contributed by atoms with van der Waals surface area (Å²) in [5.74, 6) is 1.20. The summed E-state index contributed by atoms with van der Waals surface area (Å²) in [5, 5.41) is 19.5. The van der Waals surface area contributed by atoms with Crippen molar-refractivity contribution in [2.45, 2.75) is 25.7 Å². The lowest BCUT2D eigenvalue weighted by Crippen LogP contribution is -2.26. The summed E-state index contributed by atoms with van der Waals surface area (Å²) >= 11 is 0. The number of fused-ring (bicyclic) bond motifs is 1. The first-order valence-corrected chi connectivity index (χ1v) is 11.5. The third kappa shape index (κ3) is 5.35. The summed E-state index contributed by atoms with van der Waals surface area (Å²) in [7, 11) is 0. The molecule has 0 amide bonds. The summed E-state index contributed by atoms with van der Waals surface area (Å²) < 4.78 is 0. The number of non-ortho nitro benzene ring substituents is 1. The van der Waals surface area contributed by atoms with Crippen LogP contribution < -0.4 is 15.6 Å². The molecule has 3 heterocycles. The van der Waals surface area contributed by atoms with Crippen LogP contribution in [0.15, 0.2) is 59.8 Å². The second-order valence-electron chi connectivity index (χ2n) is 8.27. The number of aromatic nitrogens is 4. The molecule has 35 heavy (non-hydrogen) atoms. The Labute approximate surface area is 201 Å². The molecule has 1 saturated heterocycles. The van der Waals surface area contributed by atoms with E-state index >= 15 is 0 Å². The molecule has 1 aliphatic rings. The molecule has 1 aliphatic heterocycles. The average Bonchev–Trinajstić information content (AvgIpc) is 3.08. The molecule has 0 unspecified atom stereocenters. The number of para-hydroxylation sites is 1. The Morgan fingerprint density at radius 3 is 2.49 bits per heavy atom. The van der Waals surface area contributed by atoms with Crippen LogP contribution in [0.1, 0.15) is 31.2 Å². The summed E-state index contributed by atoms with van der Waals surface area (Å²) in [4.78, 5) is 29.6. The van der Waals surface area contributed by atoms with Gasteiger partial charge in [0.2, 0.25) is 17.8 Å². The van der Waals surface area contributed by atoms with Crippen molar-refractivity contribution < 1.29 is 4.92 Å². The van der Waals surface area contributed by atoms with Crippen molar-refractivity contribution in [3.63, 3.8) is 0 Å². The number of nitro benzene ring substituents is 1. The van der Waals surface area contributed by atoms with E-state index in [1.54, 1.807) is 18.3 Å². The molecule has 0 atom stereocenters. The number of hydrogen-bond acceptors (Lipinski definition) is 9. The summed E-state index contributed by atoms with van der Waals surface area (Å²) in [6, 6.07) is 14.1. The maximum Gasteiger partial charge on any atom is 0.269 e. The fourth-order valence-corrected chi connectivity index (χ4v) is 4.04. The zero-order valence-corrected chi connectivity index (χ0v) is 19.0. The van der Waals surface area contributed by atoms with Gasteiger partial charge in [-0.1, -0.05) is 31.0 Å². The van der Waals surface area contributed by atoms with Gasteiger partial charge in [0.25, 0.3) is 5.69 Å². The highest BCUT2D eigenvalue weighted by Crippen LogP contribution is 2.22. The lowest BCUT2D eigenvalue weighted by atomic mass is 10.2. The van der Waals surface area contributed by atoms with Crippen molar-refractivity contribution in [1.82, 2.24) is 19.9 Å². The van der Waals surface area contributed by atoms with Gasteiger partial charge in [-0.05, 0) is 31.0 Å². The van der Waals surface area contributed by atoms with E-state index in [9.17, 15) is 10.1 Å². The van der Waals surface area contributed by atoms with Crippen LogP contribution in [0.4, 0.5) is 29.2 Å². The van der Waals surface area contributed by atoms with Gasteiger partial charge in [-0.2, -0.15) is 20.1 Å². The summed E-state index contributed by atoms with van der Waals surface area (Å²) in [6.45, 7) is 1.75. The first kappa shape index (κ1) is 22.3.